The van der Waals surface area contributed by atoms with E-state index in [1.54, 1.807) is 0 Å². The molecule has 0 spiro atoms. The zero-order valence-corrected chi connectivity index (χ0v) is 12.4. The Kier molecular flexibility index (Phi) is 5.18. The molecule has 100 valence electrons. The van der Waals surface area contributed by atoms with Gasteiger partial charge in [-0.1, -0.05) is 28.1 Å². The van der Waals surface area contributed by atoms with Crippen molar-refractivity contribution in [3.05, 3.63) is 33.8 Å². The molecular weight excluding hydrogens is 292 g/mol. The van der Waals surface area contributed by atoms with E-state index in [0.29, 0.717) is 6.04 Å². The zero-order chi connectivity index (χ0) is 13.0. The van der Waals surface area contributed by atoms with Gasteiger partial charge in [0.2, 0.25) is 0 Å². The fraction of sp³-hybridized carbons (Fsp3) is 0.571. The Morgan fingerprint density at radius 3 is 2.72 bits per heavy atom. The van der Waals surface area contributed by atoms with Crippen LogP contribution in [0.5, 0.6) is 0 Å². The summed E-state index contributed by atoms with van der Waals surface area (Å²) in [4.78, 5) is 2.46. The maximum atomic E-state index is 9.32. The van der Waals surface area contributed by atoms with Crippen molar-refractivity contribution in [2.45, 2.75) is 19.4 Å². The summed E-state index contributed by atoms with van der Waals surface area (Å²) in [5.41, 5.74) is 2.55. The number of aliphatic hydroxyl groups excluding tert-OH is 1. The van der Waals surface area contributed by atoms with Gasteiger partial charge in [0.15, 0.2) is 0 Å². The zero-order valence-electron chi connectivity index (χ0n) is 10.8. The Balaban J connectivity index is 2.22. The van der Waals surface area contributed by atoms with Crippen molar-refractivity contribution in [3.8, 4) is 0 Å². The van der Waals surface area contributed by atoms with Crippen LogP contribution in [0, 0.1) is 6.92 Å². The fourth-order valence-electron chi connectivity index (χ4n) is 2.55. The Labute approximate surface area is 117 Å². The van der Waals surface area contributed by atoms with Gasteiger partial charge in [0.25, 0.3) is 0 Å². The monoisotopic (exact) mass is 312 g/mol. The summed E-state index contributed by atoms with van der Waals surface area (Å²) in [5, 5.41) is 12.7. The summed E-state index contributed by atoms with van der Waals surface area (Å²) >= 11 is 3.66. The summed E-state index contributed by atoms with van der Waals surface area (Å²) < 4.78 is 1.15. The van der Waals surface area contributed by atoms with E-state index in [0.717, 1.165) is 37.1 Å². The average Bonchev–Trinajstić information content (AvgIpc) is 2.38. The first-order chi connectivity index (χ1) is 8.72. The van der Waals surface area contributed by atoms with Crippen LogP contribution >= 0.6 is 15.9 Å². The molecule has 2 N–H and O–H groups in total. The predicted octanol–water partition coefficient (Wildman–Crippen LogP) is 2.09. The van der Waals surface area contributed by atoms with Crippen molar-refractivity contribution < 1.29 is 5.11 Å². The molecular formula is C14H21BrN2O. The number of rotatable bonds is 4. The molecule has 1 saturated heterocycles. The van der Waals surface area contributed by atoms with E-state index in [1.165, 1.54) is 11.1 Å². The van der Waals surface area contributed by atoms with Gasteiger partial charge in [0.05, 0.1) is 0 Å². The van der Waals surface area contributed by atoms with Crippen LogP contribution in [0.3, 0.4) is 0 Å². The molecule has 1 aliphatic heterocycles. The largest absolute Gasteiger partial charge is 0.396 e. The smallest absolute Gasteiger partial charge is 0.0449 e. The van der Waals surface area contributed by atoms with E-state index in [-0.39, 0.29) is 6.61 Å². The summed E-state index contributed by atoms with van der Waals surface area (Å²) in [6, 6.07) is 6.79. The van der Waals surface area contributed by atoms with Gasteiger partial charge in [-0.2, -0.15) is 0 Å². The average molecular weight is 313 g/mol. The number of nitrogens with zero attached hydrogens (tertiary/aromatic N) is 1. The highest BCUT2D eigenvalue weighted by atomic mass is 79.9. The molecule has 0 aliphatic carbocycles. The van der Waals surface area contributed by atoms with Gasteiger partial charge < -0.3 is 10.4 Å². The van der Waals surface area contributed by atoms with Crippen molar-refractivity contribution in [1.29, 1.82) is 0 Å². The first kappa shape index (κ1) is 14.0. The van der Waals surface area contributed by atoms with Gasteiger partial charge in [-0.3, -0.25) is 4.90 Å². The van der Waals surface area contributed by atoms with Crippen molar-refractivity contribution >= 4 is 15.9 Å². The first-order valence-corrected chi connectivity index (χ1v) is 7.33. The lowest BCUT2D eigenvalue weighted by Crippen LogP contribution is -2.45. The number of aryl methyl sites for hydroxylation is 1. The third-order valence-electron chi connectivity index (χ3n) is 3.51. The van der Waals surface area contributed by atoms with Crippen molar-refractivity contribution in [1.82, 2.24) is 10.2 Å². The van der Waals surface area contributed by atoms with Gasteiger partial charge >= 0.3 is 0 Å². The molecule has 1 heterocycles. The molecule has 1 aromatic rings. The quantitative estimate of drug-likeness (QED) is 0.893. The van der Waals surface area contributed by atoms with Crippen LogP contribution in [0.2, 0.25) is 0 Å². The highest BCUT2D eigenvalue weighted by Gasteiger charge is 2.23. The van der Waals surface area contributed by atoms with Gasteiger partial charge in [-0.15, -0.1) is 0 Å². The second-order valence-corrected chi connectivity index (χ2v) is 5.69. The minimum atomic E-state index is 0.231. The molecule has 1 aromatic carbocycles. The Morgan fingerprint density at radius 2 is 2.11 bits per heavy atom. The SMILES string of the molecule is Cc1ccc([C@@H](CCO)N2CCNCC2)c(Br)c1. The first-order valence-electron chi connectivity index (χ1n) is 6.54. The lowest BCUT2D eigenvalue weighted by atomic mass is 10.0. The highest BCUT2D eigenvalue weighted by Crippen LogP contribution is 2.31. The molecule has 1 aliphatic rings. The number of benzene rings is 1. The number of hydrogen-bond acceptors (Lipinski definition) is 3. The van der Waals surface area contributed by atoms with Crippen molar-refractivity contribution in [2.24, 2.45) is 0 Å². The number of halogens is 1. The van der Waals surface area contributed by atoms with Crippen LogP contribution in [-0.2, 0) is 0 Å². The standard InChI is InChI=1S/C14H21BrN2O/c1-11-2-3-12(13(15)10-11)14(4-9-18)17-7-5-16-6-8-17/h2-3,10,14,16,18H,4-9H2,1H3/t14-/m1/s1. The summed E-state index contributed by atoms with van der Waals surface area (Å²) in [7, 11) is 0. The fourth-order valence-corrected chi connectivity index (χ4v) is 3.31. The normalized spacial score (nSPS) is 18.8. The molecule has 0 saturated carbocycles. The molecule has 1 fully saturated rings. The van der Waals surface area contributed by atoms with Crippen LogP contribution < -0.4 is 5.32 Å². The Morgan fingerprint density at radius 1 is 1.39 bits per heavy atom. The van der Waals surface area contributed by atoms with Gasteiger partial charge in [-0.25, -0.2) is 0 Å². The molecule has 2 rings (SSSR count). The number of aliphatic hydroxyl groups is 1. The summed E-state index contributed by atoms with van der Waals surface area (Å²) in [6.07, 6.45) is 0.793. The van der Waals surface area contributed by atoms with Gasteiger partial charge in [-0.05, 0) is 30.5 Å². The van der Waals surface area contributed by atoms with E-state index in [4.69, 9.17) is 0 Å². The van der Waals surface area contributed by atoms with Gasteiger partial charge in [0, 0.05) is 43.3 Å². The van der Waals surface area contributed by atoms with Crippen LogP contribution in [0.25, 0.3) is 0 Å². The molecule has 1 atom stereocenters. The second kappa shape index (κ2) is 6.66. The molecule has 0 bridgehead atoms. The van der Waals surface area contributed by atoms with Gasteiger partial charge in [0.1, 0.15) is 0 Å². The van der Waals surface area contributed by atoms with E-state index < -0.39 is 0 Å². The molecule has 3 nitrogen and oxygen atoms in total. The lowest BCUT2D eigenvalue weighted by Gasteiger charge is -2.35. The molecule has 4 heteroatoms. The second-order valence-electron chi connectivity index (χ2n) is 4.84. The topological polar surface area (TPSA) is 35.5 Å². The Bertz CT molecular complexity index is 391. The highest BCUT2D eigenvalue weighted by molar-refractivity contribution is 9.10. The minimum absolute atomic E-state index is 0.231. The molecule has 0 unspecified atom stereocenters. The maximum Gasteiger partial charge on any atom is 0.0449 e. The lowest BCUT2D eigenvalue weighted by molar-refractivity contribution is 0.140. The van der Waals surface area contributed by atoms with Crippen molar-refractivity contribution in [2.75, 3.05) is 32.8 Å². The Hall–Kier alpha value is -0.420. The summed E-state index contributed by atoms with van der Waals surface area (Å²) in [5.74, 6) is 0. The van der Waals surface area contributed by atoms with Crippen molar-refractivity contribution in [3.63, 3.8) is 0 Å². The van der Waals surface area contributed by atoms with Crippen LogP contribution in [0.4, 0.5) is 0 Å². The summed E-state index contributed by atoms with van der Waals surface area (Å²) in [6.45, 7) is 6.49. The maximum absolute atomic E-state index is 9.32. The van der Waals surface area contributed by atoms with Crippen LogP contribution in [0.1, 0.15) is 23.6 Å². The molecule has 0 radical (unpaired) electrons. The predicted molar refractivity (Wildman–Crippen MR) is 77.8 cm³/mol. The van der Waals surface area contributed by atoms with E-state index in [2.05, 4.69) is 51.3 Å². The van der Waals surface area contributed by atoms with E-state index in [9.17, 15) is 5.11 Å². The molecule has 0 amide bonds. The van der Waals surface area contributed by atoms with E-state index in [1.807, 2.05) is 0 Å². The third-order valence-corrected chi connectivity index (χ3v) is 4.20. The van der Waals surface area contributed by atoms with E-state index >= 15 is 0 Å². The van der Waals surface area contributed by atoms with Crippen LogP contribution in [0.15, 0.2) is 22.7 Å². The number of hydrogen-bond donors (Lipinski definition) is 2. The minimum Gasteiger partial charge on any atom is -0.396 e. The number of piperazine rings is 1. The van der Waals surface area contributed by atoms with Crippen LogP contribution in [-0.4, -0.2) is 42.8 Å². The molecule has 18 heavy (non-hydrogen) atoms. The third kappa shape index (κ3) is 3.32. The molecule has 0 aromatic heterocycles. The number of nitrogens with one attached hydrogen (secondary N) is 1.